The maximum atomic E-state index is 13.5. The first kappa shape index (κ1) is 28.1. The standard InChI is InChI=1S/C30H36N8O3/c1-18(39)34-21-3-7-23(8-4-21)36-27-14-28(29-12-11-25-13-20(15-31)16-33-38(25)29)32-17-26(27)30(41)37-24-9-5-22(6-10-24)35-19(2)40/h11-14,16-17,21-24H,3-10H2,1-2H3,(H,32,36)(H,34,39)(H,35,40)(H,37,41)/t21-,22?,23-,24?. The first-order chi connectivity index (χ1) is 19.8. The maximum Gasteiger partial charge on any atom is 0.255 e. The Morgan fingerprint density at radius 2 is 1.41 bits per heavy atom. The van der Waals surface area contributed by atoms with Gasteiger partial charge in [0.05, 0.1) is 39.9 Å². The number of amides is 3. The van der Waals surface area contributed by atoms with E-state index < -0.39 is 0 Å². The van der Waals surface area contributed by atoms with Gasteiger partial charge in [-0.25, -0.2) is 4.52 Å². The fourth-order valence-electron chi connectivity index (χ4n) is 5.97. The zero-order valence-electron chi connectivity index (χ0n) is 23.4. The van der Waals surface area contributed by atoms with Gasteiger partial charge in [-0.3, -0.25) is 19.4 Å². The molecule has 214 valence electrons. The number of nitriles is 1. The average Bonchev–Trinajstić information content (AvgIpc) is 3.38. The van der Waals surface area contributed by atoms with E-state index >= 15 is 0 Å². The summed E-state index contributed by atoms with van der Waals surface area (Å²) in [5.74, 6) is -0.222. The van der Waals surface area contributed by atoms with Crippen molar-refractivity contribution >= 4 is 28.9 Å². The summed E-state index contributed by atoms with van der Waals surface area (Å²) in [5.41, 5.74) is 3.84. The zero-order valence-corrected chi connectivity index (χ0v) is 23.4. The smallest absolute Gasteiger partial charge is 0.255 e. The molecule has 11 heteroatoms. The molecular weight excluding hydrogens is 520 g/mol. The Hall–Kier alpha value is -4.46. The first-order valence-electron chi connectivity index (χ1n) is 14.3. The number of aromatic nitrogens is 3. The topological polar surface area (TPSA) is 153 Å². The Bertz CT molecular complexity index is 1480. The van der Waals surface area contributed by atoms with Crippen molar-refractivity contribution in [2.45, 2.75) is 89.4 Å². The lowest BCUT2D eigenvalue weighted by Crippen LogP contribution is -2.43. The number of rotatable bonds is 7. The van der Waals surface area contributed by atoms with E-state index in [4.69, 9.17) is 0 Å². The van der Waals surface area contributed by atoms with Gasteiger partial charge in [0, 0.05) is 44.2 Å². The van der Waals surface area contributed by atoms with E-state index in [0.717, 1.165) is 62.6 Å². The van der Waals surface area contributed by atoms with E-state index in [1.807, 2.05) is 18.2 Å². The molecule has 0 aliphatic heterocycles. The van der Waals surface area contributed by atoms with Crippen LogP contribution < -0.4 is 21.3 Å². The van der Waals surface area contributed by atoms with Crippen molar-refractivity contribution in [3.05, 3.63) is 47.8 Å². The van der Waals surface area contributed by atoms with Crippen molar-refractivity contribution in [3.63, 3.8) is 0 Å². The molecule has 41 heavy (non-hydrogen) atoms. The van der Waals surface area contributed by atoms with Gasteiger partial charge in [0.1, 0.15) is 6.07 Å². The van der Waals surface area contributed by atoms with Crippen molar-refractivity contribution in [2.24, 2.45) is 0 Å². The number of fused-ring (bicyclic) bond motifs is 1. The van der Waals surface area contributed by atoms with Gasteiger partial charge in [0.15, 0.2) is 0 Å². The molecular formula is C30H36N8O3. The van der Waals surface area contributed by atoms with Crippen molar-refractivity contribution in [1.82, 2.24) is 30.5 Å². The van der Waals surface area contributed by atoms with Crippen LogP contribution in [0, 0.1) is 11.3 Å². The highest BCUT2D eigenvalue weighted by Gasteiger charge is 2.27. The molecule has 0 atom stereocenters. The molecule has 2 aliphatic carbocycles. The highest BCUT2D eigenvalue weighted by molar-refractivity contribution is 6.00. The molecule has 2 saturated carbocycles. The van der Waals surface area contributed by atoms with E-state index in [1.54, 1.807) is 23.7 Å². The second kappa shape index (κ2) is 12.4. The Kier molecular flexibility index (Phi) is 8.47. The molecule has 0 aromatic carbocycles. The third-order valence-corrected chi connectivity index (χ3v) is 8.00. The molecule has 0 radical (unpaired) electrons. The SMILES string of the molecule is CC(=O)NC1CCC(NC(=O)c2cnc(-c3ccc4cc(C#N)cnn34)cc2N[C@H]2CC[C@H](NC(C)=O)CC2)CC1. The van der Waals surface area contributed by atoms with Gasteiger partial charge in [-0.1, -0.05) is 0 Å². The number of carbonyl (C=O) groups excluding carboxylic acids is 3. The number of pyridine rings is 1. The lowest BCUT2D eigenvalue weighted by Gasteiger charge is -2.31. The predicted octanol–water partition coefficient (Wildman–Crippen LogP) is 3.30. The quantitative estimate of drug-likeness (QED) is 0.348. The largest absolute Gasteiger partial charge is 0.382 e. The van der Waals surface area contributed by atoms with Crippen molar-refractivity contribution in [3.8, 4) is 17.5 Å². The summed E-state index contributed by atoms with van der Waals surface area (Å²) in [4.78, 5) is 41.1. The minimum absolute atomic E-state index is 0.0137. The third-order valence-electron chi connectivity index (χ3n) is 8.00. The fraction of sp³-hybridized carbons (Fsp3) is 0.467. The van der Waals surface area contributed by atoms with E-state index in [2.05, 4.69) is 37.4 Å². The van der Waals surface area contributed by atoms with Crippen LogP contribution in [0.3, 0.4) is 0 Å². The van der Waals surface area contributed by atoms with Crippen LogP contribution in [0.5, 0.6) is 0 Å². The Labute approximate surface area is 239 Å². The molecule has 3 aromatic rings. The lowest BCUT2D eigenvalue weighted by atomic mass is 9.90. The Balaban J connectivity index is 1.37. The number of hydrogen-bond acceptors (Lipinski definition) is 7. The predicted molar refractivity (Wildman–Crippen MR) is 154 cm³/mol. The van der Waals surface area contributed by atoms with Gasteiger partial charge < -0.3 is 21.3 Å². The molecule has 0 bridgehead atoms. The summed E-state index contributed by atoms with van der Waals surface area (Å²) in [5, 5.41) is 26.4. The van der Waals surface area contributed by atoms with Gasteiger partial charge in [-0.05, 0) is 75.6 Å². The van der Waals surface area contributed by atoms with Crippen LogP contribution in [0.25, 0.3) is 16.9 Å². The van der Waals surface area contributed by atoms with Crippen LogP contribution in [0.1, 0.15) is 81.1 Å². The maximum absolute atomic E-state index is 13.5. The van der Waals surface area contributed by atoms with E-state index in [1.165, 1.54) is 13.1 Å². The number of nitrogens with one attached hydrogen (secondary N) is 4. The summed E-state index contributed by atoms with van der Waals surface area (Å²) in [6.45, 7) is 3.07. The van der Waals surface area contributed by atoms with Gasteiger partial charge >= 0.3 is 0 Å². The molecule has 2 aliphatic rings. The number of nitrogens with zero attached hydrogens (tertiary/aromatic N) is 4. The van der Waals surface area contributed by atoms with E-state index in [-0.39, 0.29) is 41.9 Å². The molecule has 0 saturated heterocycles. The molecule has 0 unspecified atom stereocenters. The molecule has 3 heterocycles. The normalized spacial score (nSPS) is 22.4. The average molecular weight is 557 g/mol. The van der Waals surface area contributed by atoms with E-state index in [0.29, 0.717) is 22.5 Å². The minimum Gasteiger partial charge on any atom is -0.382 e. The summed E-state index contributed by atoms with van der Waals surface area (Å²) in [6.07, 6.45) is 9.83. The molecule has 3 aromatic heterocycles. The molecule has 3 amide bonds. The number of hydrogen-bond donors (Lipinski definition) is 4. The monoisotopic (exact) mass is 556 g/mol. The van der Waals surface area contributed by atoms with E-state index in [9.17, 15) is 19.6 Å². The van der Waals surface area contributed by atoms with Crippen molar-refractivity contribution < 1.29 is 14.4 Å². The molecule has 0 spiro atoms. The Morgan fingerprint density at radius 3 is 2.00 bits per heavy atom. The van der Waals surface area contributed by atoms with Crippen LogP contribution in [0.2, 0.25) is 0 Å². The molecule has 2 fully saturated rings. The zero-order chi connectivity index (χ0) is 28.9. The van der Waals surface area contributed by atoms with Gasteiger partial charge in [0.25, 0.3) is 5.91 Å². The second-order valence-corrected chi connectivity index (χ2v) is 11.1. The third kappa shape index (κ3) is 6.82. The summed E-state index contributed by atoms with van der Waals surface area (Å²) in [7, 11) is 0. The summed E-state index contributed by atoms with van der Waals surface area (Å²) < 4.78 is 1.73. The summed E-state index contributed by atoms with van der Waals surface area (Å²) in [6, 6.07) is 10.1. The highest BCUT2D eigenvalue weighted by Crippen LogP contribution is 2.29. The summed E-state index contributed by atoms with van der Waals surface area (Å²) >= 11 is 0. The highest BCUT2D eigenvalue weighted by atomic mass is 16.2. The minimum atomic E-state index is -0.182. The molecule has 5 rings (SSSR count). The van der Waals surface area contributed by atoms with Crippen LogP contribution in [0.15, 0.2) is 36.7 Å². The van der Waals surface area contributed by atoms with Crippen molar-refractivity contribution in [2.75, 3.05) is 5.32 Å². The van der Waals surface area contributed by atoms with Gasteiger partial charge in [-0.2, -0.15) is 10.4 Å². The first-order valence-corrected chi connectivity index (χ1v) is 14.3. The van der Waals surface area contributed by atoms with Crippen LogP contribution in [-0.2, 0) is 9.59 Å². The Morgan fingerprint density at radius 1 is 0.829 bits per heavy atom. The second-order valence-electron chi connectivity index (χ2n) is 11.1. The van der Waals surface area contributed by atoms with Crippen molar-refractivity contribution in [1.29, 1.82) is 5.26 Å². The van der Waals surface area contributed by atoms with Gasteiger partial charge in [-0.15, -0.1) is 0 Å². The lowest BCUT2D eigenvalue weighted by molar-refractivity contribution is -0.120. The number of carbonyl (C=O) groups is 3. The molecule has 11 nitrogen and oxygen atoms in total. The van der Waals surface area contributed by atoms with Gasteiger partial charge in [0.2, 0.25) is 11.8 Å². The number of anilines is 1. The fourth-order valence-corrected chi connectivity index (χ4v) is 5.97. The van der Waals surface area contributed by atoms with Crippen LogP contribution in [0.4, 0.5) is 5.69 Å². The molecule has 4 N–H and O–H groups in total. The van der Waals surface area contributed by atoms with Crippen LogP contribution in [-0.4, -0.2) is 56.5 Å². The van der Waals surface area contributed by atoms with Crippen LogP contribution >= 0.6 is 0 Å².